The van der Waals surface area contributed by atoms with Crippen molar-refractivity contribution in [2.45, 2.75) is 12.8 Å². The summed E-state index contributed by atoms with van der Waals surface area (Å²) in [4.78, 5) is 9.28. The lowest BCUT2D eigenvalue weighted by Gasteiger charge is -2.19. The second-order valence-electron chi connectivity index (χ2n) is 4.79. The first kappa shape index (κ1) is 9.77. The Morgan fingerprint density at radius 3 is 2.89 bits per heavy atom. The molecule has 2 aromatic rings. The van der Waals surface area contributed by atoms with Gasteiger partial charge in [-0.05, 0) is 17.7 Å². The zero-order chi connectivity index (χ0) is 12.1. The fourth-order valence-electron chi connectivity index (χ4n) is 2.80. The number of rotatable bonds is 0. The van der Waals surface area contributed by atoms with Gasteiger partial charge in [0, 0.05) is 22.9 Å². The van der Waals surface area contributed by atoms with Crippen molar-refractivity contribution >= 4 is 5.57 Å². The van der Waals surface area contributed by atoms with Gasteiger partial charge in [-0.15, -0.1) is 0 Å². The molecule has 1 aromatic carbocycles. The van der Waals surface area contributed by atoms with Gasteiger partial charge in [-0.2, -0.15) is 0 Å². The van der Waals surface area contributed by atoms with Crippen LogP contribution >= 0.6 is 0 Å². The van der Waals surface area contributed by atoms with E-state index in [9.17, 15) is 0 Å². The molecule has 1 aliphatic heterocycles. The van der Waals surface area contributed by atoms with Crippen molar-refractivity contribution in [3.8, 4) is 0 Å². The van der Waals surface area contributed by atoms with E-state index in [1.807, 2.05) is 18.3 Å². The van der Waals surface area contributed by atoms with Crippen molar-refractivity contribution in [2.75, 3.05) is 0 Å². The summed E-state index contributed by atoms with van der Waals surface area (Å²) in [6, 6.07) is 12.5. The highest BCUT2D eigenvalue weighted by Crippen LogP contribution is 2.35. The minimum atomic E-state index is 0.380. The van der Waals surface area contributed by atoms with Crippen LogP contribution in [0.3, 0.4) is 0 Å². The highest BCUT2D eigenvalue weighted by atomic mass is 14.8. The van der Waals surface area contributed by atoms with E-state index in [-0.39, 0.29) is 0 Å². The van der Waals surface area contributed by atoms with Gasteiger partial charge in [0.1, 0.15) is 0 Å². The average molecular weight is 232 g/mol. The van der Waals surface area contributed by atoms with Gasteiger partial charge in [0.15, 0.2) is 0 Å². The van der Waals surface area contributed by atoms with Gasteiger partial charge >= 0.3 is 0 Å². The first-order chi connectivity index (χ1) is 8.84. The molecule has 1 atom stereocenters. The third-order valence-electron chi connectivity index (χ3n) is 3.64. The van der Waals surface area contributed by atoms with E-state index in [4.69, 9.17) is 4.99 Å². The summed E-state index contributed by atoms with van der Waals surface area (Å²) in [5.41, 5.74) is 4.66. The van der Waals surface area contributed by atoms with Crippen LogP contribution in [-0.2, 0) is 0 Å². The number of allylic oxidation sites excluding steroid dienone is 2. The van der Waals surface area contributed by atoms with Gasteiger partial charge in [-0.1, -0.05) is 37.3 Å². The average Bonchev–Trinajstić information content (AvgIpc) is 2.77. The summed E-state index contributed by atoms with van der Waals surface area (Å²) in [7, 11) is 0. The number of para-hydroxylation sites is 1. The summed E-state index contributed by atoms with van der Waals surface area (Å²) in [5, 5.41) is 2.26. The predicted octanol–water partition coefficient (Wildman–Crippen LogP) is 1.91. The molecule has 2 heterocycles. The SMILES string of the molecule is CC1C=C2N=c3ccccc3=C2c2ncccc21. The van der Waals surface area contributed by atoms with Crippen LogP contribution in [0.2, 0.25) is 0 Å². The second kappa shape index (κ2) is 3.39. The fourth-order valence-corrected chi connectivity index (χ4v) is 2.80. The molecular weight excluding hydrogens is 220 g/mol. The number of nitrogens with zero attached hydrogens (tertiary/aromatic N) is 2. The lowest BCUT2D eigenvalue weighted by Crippen LogP contribution is -2.23. The van der Waals surface area contributed by atoms with Crippen molar-refractivity contribution in [1.29, 1.82) is 0 Å². The maximum atomic E-state index is 4.71. The minimum absolute atomic E-state index is 0.380. The zero-order valence-corrected chi connectivity index (χ0v) is 10.1. The predicted molar refractivity (Wildman–Crippen MR) is 70.5 cm³/mol. The maximum absolute atomic E-state index is 4.71. The number of pyridine rings is 1. The lowest BCUT2D eigenvalue weighted by molar-refractivity contribution is 0.917. The number of hydrogen-bond donors (Lipinski definition) is 0. The molecule has 4 rings (SSSR count). The summed E-state index contributed by atoms with van der Waals surface area (Å²) in [6.45, 7) is 2.20. The van der Waals surface area contributed by atoms with Crippen LogP contribution in [0.4, 0.5) is 0 Å². The highest BCUT2D eigenvalue weighted by Gasteiger charge is 2.25. The molecule has 0 spiro atoms. The molecule has 2 aliphatic rings. The Kier molecular flexibility index (Phi) is 1.84. The molecule has 0 saturated carbocycles. The van der Waals surface area contributed by atoms with Crippen molar-refractivity contribution in [2.24, 2.45) is 4.99 Å². The van der Waals surface area contributed by atoms with Crippen LogP contribution in [0, 0.1) is 0 Å². The number of benzene rings is 1. The second-order valence-corrected chi connectivity index (χ2v) is 4.79. The van der Waals surface area contributed by atoms with Crippen molar-refractivity contribution in [3.63, 3.8) is 0 Å². The molecule has 0 saturated heterocycles. The maximum Gasteiger partial charge on any atom is 0.0768 e. The van der Waals surface area contributed by atoms with Gasteiger partial charge in [0.05, 0.1) is 16.7 Å². The van der Waals surface area contributed by atoms with Crippen LogP contribution in [0.5, 0.6) is 0 Å². The normalized spacial score (nSPS) is 19.5. The van der Waals surface area contributed by atoms with Crippen molar-refractivity contribution in [3.05, 3.63) is 76.2 Å². The van der Waals surface area contributed by atoms with Gasteiger partial charge in [-0.3, -0.25) is 4.98 Å². The van der Waals surface area contributed by atoms with E-state index in [1.54, 1.807) is 0 Å². The van der Waals surface area contributed by atoms with Crippen molar-refractivity contribution < 1.29 is 0 Å². The molecule has 18 heavy (non-hydrogen) atoms. The van der Waals surface area contributed by atoms with E-state index < -0.39 is 0 Å². The highest BCUT2D eigenvalue weighted by molar-refractivity contribution is 5.82. The van der Waals surface area contributed by atoms with E-state index in [1.165, 1.54) is 16.4 Å². The van der Waals surface area contributed by atoms with Gasteiger partial charge < -0.3 is 0 Å². The van der Waals surface area contributed by atoms with Gasteiger partial charge in [-0.25, -0.2) is 4.99 Å². The smallest absolute Gasteiger partial charge is 0.0768 e. The van der Waals surface area contributed by atoms with E-state index in [2.05, 4.69) is 42.2 Å². The van der Waals surface area contributed by atoms with Crippen LogP contribution in [0.15, 0.2) is 59.4 Å². The Balaban J connectivity index is 2.19. The monoisotopic (exact) mass is 232 g/mol. The number of aromatic nitrogens is 1. The lowest BCUT2D eigenvalue weighted by atomic mass is 9.87. The third kappa shape index (κ3) is 1.17. The molecular formula is C16H12N2. The molecule has 1 aliphatic carbocycles. The molecule has 0 N–H and O–H groups in total. The van der Waals surface area contributed by atoms with Crippen LogP contribution in [0.25, 0.3) is 5.57 Å². The van der Waals surface area contributed by atoms with Crippen molar-refractivity contribution in [1.82, 2.24) is 4.98 Å². The summed E-state index contributed by atoms with van der Waals surface area (Å²) in [5.74, 6) is 0.380. The molecule has 1 aromatic heterocycles. The number of fused-ring (bicyclic) bond motifs is 4. The first-order valence-corrected chi connectivity index (χ1v) is 6.20. The number of hydrogen-bond acceptors (Lipinski definition) is 2. The third-order valence-corrected chi connectivity index (χ3v) is 3.64. The van der Waals surface area contributed by atoms with Gasteiger partial charge in [0.25, 0.3) is 0 Å². The molecule has 2 heteroatoms. The zero-order valence-electron chi connectivity index (χ0n) is 10.1. The van der Waals surface area contributed by atoms with E-state index >= 15 is 0 Å². The summed E-state index contributed by atoms with van der Waals surface area (Å²) < 4.78 is 0. The van der Waals surface area contributed by atoms with Gasteiger partial charge in [0.2, 0.25) is 0 Å². The first-order valence-electron chi connectivity index (χ1n) is 6.20. The summed E-state index contributed by atoms with van der Waals surface area (Å²) >= 11 is 0. The molecule has 86 valence electrons. The minimum Gasteiger partial charge on any atom is -0.256 e. The molecule has 0 fully saturated rings. The van der Waals surface area contributed by atoms with E-state index in [0.717, 1.165) is 16.7 Å². The van der Waals surface area contributed by atoms with E-state index in [0.29, 0.717) is 5.92 Å². The fraction of sp³-hybridized carbons (Fsp3) is 0.125. The molecule has 1 unspecified atom stereocenters. The molecule has 0 bridgehead atoms. The quantitative estimate of drug-likeness (QED) is 0.681. The largest absolute Gasteiger partial charge is 0.256 e. The topological polar surface area (TPSA) is 25.2 Å². The Morgan fingerprint density at radius 1 is 1.06 bits per heavy atom. The molecule has 0 radical (unpaired) electrons. The summed E-state index contributed by atoms with van der Waals surface area (Å²) in [6.07, 6.45) is 4.10. The standard InChI is InChI=1S/C16H12N2/c1-10-9-14-15(16-11(10)6-4-8-17-16)12-5-2-3-7-13(12)18-14/h2-10H,1H3. The van der Waals surface area contributed by atoms with Crippen LogP contribution in [0.1, 0.15) is 24.1 Å². The van der Waals surface area contributed by atoms with Crippen LogP contribution in [-0.4, -0.2) is 4.98 Å². The Labute approximate surface area is 105 Å². The molecule has 0 amide bonds. The Morgan fingerprint density at radius 2 is 1.94 bits per heavy atom. The van der Waals surface area contributed by atoms with Crippen LogP contribution < -0.4 is 10.6 Å². The Bertz CT molecular complexity index is 800. The Hall–Kier alpha value is -2.22. The molecule has 2 nitrogen and oxygen atoms in total.